The molecule has 9 nitrogen and oxygen atoms in total. The van der Waals surface area contributed by atoms with Crippen LogP contribution in [-0.2, 0) is 0 Å². The Morgan fingerprint density at radius 2 is 2.00 bits per heavy atom. The van der Waals surface area contributed by atoms with Crippen molar-refractivity contribution >= 4 is 29.4 Å². The minimum atomic E-state index is 0.461. The Morgan fingerprint density at radius 3 is 2.72 bits per heavy atom. The standard InChI is InChI=1S/C20H20N8O/c21-11-14-2-1-5-22-19(14)27-8-6-26(7-9-27)17-10-18(24-16-3-4-16)28-20(25-17)15(13-29)12-23-28/h1-2,5,10,12-13,16,24H,3-4,6-9H2. The summed E-state index contributed by atoms with van der Waals surface area (Å²) in [4.78, 5) is 24.8. The van der Waals surface area contributed by atoms with Gasteiger partial charge in [-0.05, 0) is 25.0 Å². The molecular formula is C20H20N8O. The normalized spacial score (nSPS) is 16.7. The lowest BCUT2D eigenvalue weighted by Crippen LogP contribution is -2.47. The van der Waals surface area contributed by atoms with Gasteiger partial charge in [0.05, 0.1) is 17.3 Å². The molecule has 0 amide bonds. The molecule has 3 aromatic rings. The quantitative estimate of drug-likeness (QED) is 0.659. The lowest BCUT2D eigenvalue weighted by molar-refractivity contribution is 0.112. The van der Waals surface area contributed by atoms with E-state index in [1.807, 2.05) is 6.07 Å². The van der Waals surface area contributed by atoms with Gasteiger partial charge in [-0.1, -0.05) is 0 Å². The molecule has 0 spiro atoms. The number of aldehydes is 1. The van der Waals surface area contributed by atoms with E-state index in [0.717, 1.165) is 62.8 Å². The van der Waals surface area contributed by atoms with Gasteiger partial charge >= 0.3 is 0 Å². The Labute approximate surface area is 167 Å². The molecule has 0 atom stereocenters. The lowest BCUT2D eigenvalue weighted by Gasteiger charge is -2.36. The van der Waals surface area contributed by atoms with Gasteiger partial charge in [0, 0.05) is 44.5 Å². The van der Waals surface area contributed by atoms with Gasteiger partial charge in [-0.3, -0.25) is 4.79 Å². The second-order valence-corrected chi connectivity index (χ2v) is 7.33. The van der Waals surface area contributed by atoms with E-state index in [0.29, 0.717) is 22.8 Å². The summed E-state index contributed by atoms with van der Waals surface area (Å²) in [7, 11) is 0. The third-order valence-electron chi connectivity index (χ3n) is 5.35. The van der Waals surface area contributed by atoms with Crippen molar-refractivity contribution in [3.8, 4) is 6.07 Å². The highest BCUT2D eigenvalue weighted by molar-refractivity contribution is 5.85. The van der Waals surface area contributed by atoms with Gasteiger partial charge in [-0.15, -0.1) is 0 Å². The zero-order chi connectivity index (χ0) is 19.8. The number of anilines is 3. The van der Waals surface area contributed by atoms with E-state index in [2.05, 4.69) is 31.3 Å². The monoisotopic (exact) mass is 388 g/mol. The number of piperazine rings is 1. The van der Waals surface area contributed by atoms with Crippen molar-refractivity contribution in [3.05, 3.63) is 41.7 Å². The van der Waals surface area contributed by atoms with Crippen LogP contribution in [0.15, 0.2) is 30.6 Å². The smallest absolute Gasteiger partial charge is 0.170 e. The number of carbonyl (C=O) groups is 1. The number of carbonyl (C=O) groups excluding carboxylic acids is 1. The summed E-state index contributed by atoms with van der Waals surface area (Å²) in [6.07, 6.45) is 6.35. The highest BCUT2D eigenvalue weighted by Gasteiger charge is 2.25. The number of fused-ring (bicyclic) bond motifs is 1. The van der Waals surface area contributed by atoms with Crippen LogP contribution in [-0.4, -0.2) is 58.1 Å². The Morgan fingerprint density at radius 1 is 1.21 bits per heavy atom. The van der Waals surface area contributed by atoms with E-state index in [1.165, 1.54) is 0 Å². The van der Waals surface area contributed by atoms with Gasteiger partial charge in [0.2, 0.25) is 0 Å². The first kappa shape index (κ1) is 17.4. The van der Waals surface area contributed by atoms with E-state index in [4.69, 9.17) is 4.98 Å². The van der Waals surface area contributed by atoms with Crippen molar-refractivity contribution in [2.24, 2.45) is 0 Å². The largest absolute Gasteiger partial charge is 0.367 e. The molecule has 0 unspecified atom stereocenters. The summed E-state index contributed by atoms with van der Waals surface area (Å²) >= 11 is 0. The second-order valence-electron chi connectivity index (χ2n) is 7.33. The first-order chi connectivity index (χ1) is 14.3. The molecule has 0 radical (unpaired) electrons. The number of hydrogen-bond donors (Lipinski definition) is 1. The fraction of sp³-hybridized carbons (Fsp3) is 0.350. The van der Waals surface area contributed by atoms with Crippen molar-refractivity contribution < 1.29 is 4.79 Å². The van der Waals surface area contributed by atoms with E-state index in [-0.39, 0.29) is 0 Å². The zero-order valence-corrected chi connectivity index (χ0v) is 15.8. The predicted octanol–water partition coefficient (Wildman–Crippen LogP) is 1.71. The Bertz CT molecular complexity index is 1110. The molecule has 146 valence electrons. The van der Waals surface area contributed by atoms with Crippen molar-refractivity contribution in [2.45, 2.75) is 18.9 Å². The molecule has 1 saturated heterocycles. The molecule has 29 heavy (non-hydrogen) atoms. The maximum atomic E-state index is 11.4. The van der Waals surface area contributed by atoms with E-state index >= 15 is 0 Å². The number of hydrogen-bond acceptors (Lipinski definition) is 8. The van der Waals surface area contributed by atoms with Crippen molar-refractivity contribution in [2.75, 3.05) is 41.3 Å². The van der Waals surface area contributed by atoms with Gasteiger partial charge in [0.1, 0.15) is 23.5 Å². The van der Waals surface area contributed by atoms with Crippen molar-refractivity contribution in [1.29, 1.82) is 5.26 Å². The third kappa shape index (κ3) is 3.23. The third-order valence-corrected chi connectivity index (χ3v) is 5.35. The van der Waals surface area contributed by atoms with Gasteiger partial charge < -0.3 is 15.1 Å². The summed E-state index contributed by atoms with van der Waals surface area (Å²) < 4.78 is 1.70. The van der Waals surface area contributed by atoms with Crippen LogP contribution in [0.1, 0.15) is 28.8 Å². The number of nitrogens with one attached hydrogen (secondary N) is 1. The van der Waals surface area contributed by atoms with E-state index in [9.17, 15) is 10.1 Å². The molecule has 2 aliphatic rings. The maximum absolute atomic E-state index is 11.4. The maximum Gasteiger partial charge on any atom is 0.170 e. The van der Waals surface area contributed by atoms with Gasteiger partial charge in [0.15, 0.2) is 11.9 Å². The van der Waals surface area contributed by atoms with Crippen molar-refractivity contribution in [3.63, 3.8) is 0 Å². The van der Waals surface area contributed by atoms with Crippen LogP contribution in [0.3, 0.4) is 0 Å². The molecule has 1 aliphatic carbocycles. The number of nitriles is 1. The van der Waals surface area contributed by atoms with Crippen LogP contribution in [0.5, 0.6) is 0 Å². The predicted molar refractivity (Wildman–Crippen MR) is 108 cm³/mol. The fourth-order valence-corrected chi connectivity index (χ4v) is 3.64. The minimum Gasteiger partial charge on any atom is -0.367 e. The summed E-state index contributed by atoms with van der Waals surface area (Å²) in [5, 5.41) is 17.1. The molecule has 4 heterocycles. The average molecular weight is 388 g/mol. The molecule has 1 N–H and O–H groups in total. The Balaban J connectivity index is 1.41. The summed E-state index contributed by atoms with van der Waals surface area (Å²) in [5.41, 5.74) is 1.64. The zero-order valence-electron chi connectivity index (χ0n) is 15.8. The second kappa shape index (κ2) is 7.05. The SMILES string of the molecule is N#Cc1cccnc1N1CCN(c2cc(NC3CC3)n3ncc(C=O)c3n2)CC1. The highest BCUT2D eigenvalue weighted by atomic mass is 16.1. The van der Waals surface area contributed by atoms with Crippen LogP contribution in [0.4, 0.5) is 17.5 Å². The summed E-state index contributed by atoms with van der Waals surface area (Å²) in [6, 6.07) is 8.25. The summed E-state index contributed by atoms with van der Waals surface area (Å²) in [5.74, 6) is 2.41. The number of aromatic nitrogens is 4. The number of pyridine rings is 1. The number of rotatable bonds is 5. The molecule has 2 fully saturated rings. The Kier molecular flexibility index (Phi) is 4.24. The van der Waals surface area contributed by atoms with Gasteiger partial charge in [0.25, 0.3) is 0 Å². The van der Waals surface area contributed by atoms with Crippen LogP contribution in [0.2, 0.25) is 0 Å². The average Bonchev–Trinajstić information content (AvgIpc) is 3.49. The Hall–Kier alpha value is -3.67. The molecule has 5 rings (SSSR count). The van der Waals surface area contributed by atoms with Crippen molar-refractivity contribution in [1.82, 2.24) is 19.6 Å². The molecule has 1 saturated carbocycles. The van der Waals surface area contributed by atoms with Gasteiger partial charge in [-0.2, -0.15) is 14.9 Å². The van der Waals surface area contributed by atoms with Crippen LogP contribution in [0, 0.1) is 11.3 Å². The lowest BCUT2D eigenvalue weighted by atomic mass is 10.2. The molecular weight excluding hydrogens is 368 g/mol. The molecule has 0 aromatic carbocycles. The van der Waals surface area contributed by atoms with Crippen LogP contribution < -0.4 is 15.1 Å². The molecule has 1 aliphatic heterocycles. The minimum absolute atomic E-state index is 0.461. The van der Waals surface area contributed by atoms with E-state index in [1.54, 1.807) is 29.0 Å². The number of nitrogens with zero attached hydrogens (tertiary/aromatic N) is 7. The van der Waals surface area contributed by atoms with Crippen LogP contribution in [0.25, 0.3) is 5.65 Å². The van der Waals surface area contributed by atoms with Crippen LogP contribution >= 0.6 is 0 Å². The topological polar surface area (TPSA) is 102 Å². The summed E-state index contributed by atoms with van der Waals surface area (Å²) in [6.45, 7) is 2.98. The van der Waals surface area contributed by atoms with Gasteiger partial charge in [-0.25, -0.2) is 9.97 Å². The fourth-order valence-electron chi connectivity index (χ4n) is 3.64. The molecule has 0 bridgehead atoms. The first-order valence-corrected chi connectivity index (χ1v) is 9.72. The first-order valence-electron chi connectivity index (χ1n) is 9.72. The van der Waals surface area contributed by atoms with E-state index < -0.39 is 0 Å². The molecule has 9 heteroatoms. The molecule has 3 aromatic heterocycles. The highest BCUT2D eigenvalue weighted by Crippen LogP contribution is 2.28.